The van der Waals surface area contributed by atoms with E-state index in [0.717, 1.165) is 16.3 Å². The fourth-order valence-electron chi connectivity index (χ4n) is 3.34. The molecule has 1 aliphatic carbocycles. The zero-order chi connectivity index (χ0) is 19.9. The Morgan fingerprint density at radius 3 is 2.67 bits per heavy atom. The summed E-state index contributed by atoms with van der Waals surface area (Å²) >= 11 is 1.90. The van der Waals surface area contributed by atoms with E-state index in [1.807, 2.05) is 11.8 Å². The van der Waals surface area contributed by atoms with Crippen molar-refractivity contribution < 1.29 is 17.9 Å². The molecule has 6 nitrogen and oxygen atoms in total. The Morgan fingerprint density at radius 2 is 2.04 bits per heavy atom. The van der Waals surface area contributed by atoms with Crippen molar-refractivity contribution in [1.29, 1.82) is 0 Å². The number of sulfonamides is 1. The largest absolute Gasteiger partial charge is 0.497 e. The normalized spacial score (nSPS) is 16.6. The summed E-state index contributed by atoms with van der Waals surface area (Å²) in [7, 11) is -2.11. The first-order chi connectivity index (χ1) is 12.8. The summed E-state index contributed by atoms with van der Waals surface area (Å²) in [6.07, 6.45) is 7.54. The first-order valence-electron chi connectivity index (χ1n) is 9.35. The van der Waals surface area contributed by atoms with Crippen LogP contribution in [0, 0.1) is 0 Å². The predicted octanol–water partition coefficient (Wildman–Crippen LogP) is 3.03. The molecule has 1 aromatic rings. The van der Waals surface area contributed by atoms with Gasteiger partial charge in [-0.15, -0.1) is 0 Å². The quantitative estimate of drug-likeness (QED) is 0.629. The van der Waals surface area contributed by atoms with Crippen LogP contribution in [0.2, 0.25) is 0 Å². The van der Waals surface area contributed by atoms with Gasteiger partial charge in [-0.2, -0.15) is 11.8 Å². The van der Waals surface area contributed by atoms with Crippen molar-refractivity contribution in [3.05, 3.63) is 24.3 Å². The van der Waals surface area contributed by atoms with Gasteiger partial charge < -0.3 is 10.1 Å². The average Bonchev–Trinajstić information content (AvgIpc) is 2.65. The summed E-state index contributed by atoms with van der Waals surface area (Å²) in [5, 5.41) is 3.57. The number of carbonyl (C=O) groups is 1. The minimum Gasteiger partial charge on any atom is -0.497 e. The van der Waals surface area contributed by atoms with Crippen LogP contribution in [0.25, 0.3) is 0 Å². The fraction of sp³-hybridized carbons (Fsp3) is 0.632. The van der Waals surface area contributed by atoms with Gasteiger partial charge in [0.15, 0.2) is 0 Å². The zero-order valence-electron chi connectivity index (χ0n) is 16.3. The van der Waals surface area contributed by atoms with Gasteiger partial charge in [0.05, 0.1) is 19.1 Å². The van der Waals surface area contributed by atoms with Crippen LogP contribution in [-0.4, -0.2) is 51.3 Å². The summed E-state index contributed by atoms with van der Waals surface area (Å²) in [5.74, 6) is 1.09. The third-order valence-electron chi connectivity index (χ3n) is 4.70. The molecule has 152 valence electrons. The maximum absolute atomic E-state index is 12.6. The maximum atomic E-state index is 12.6. The van der Waals surface area contributed by atoms with Gasteiger partial charge >= 0.3 is 0 Å². The molecule has 0 radical (unpaired) electrons. The molecule has 8 heteroatoms. The van der Waals surface area contributed by atoms with Crippen molar-refractivity contribution in [2.45, 2.75) is 50.3 Å². The summed E-state index contributed by atoms with van der Waals surface area (Å²) in [6, 6.07) is 5.87. The Kier molecular flexibility index (Phi) is 8.28. The Bertz CT molecular complexity index is 718. The molecule has 0 unspecified atom stereocenters. The molecule has 0 bridgehead atoms. The molecule has 1 N–H and O–H groups in total. The van der Waals surface area contributed by atoms with E-state index >= 15 is 0 Å². The van der Waals surface area contributed by atoms with Crippen LogP contribution in [0.4, 0.5) is 5.69 Å². The number of carbonyl (C=O) groups excluding carboxylic acids is 1. The van der Waals surface area contributed by atoms with E-state index in [1.165, 1.54) is 39.2 Å². The molecule has 1 aromatic carbocycles. The van der Waals surface area contributed by atoms with E-state index in [2.05, 4.69) is 5.32 Å². The lowest BCUT2D eigenvalue weighted by Crippen LogP contribution is -2.48. The molecule has 27 heavy (non-hydrogen) atoms. The second-order valence-corrected chi connectivity index (χ2v) is 10.1. The van der Waals surface area contributed by atoms with Crippen molar-refractivity contribution in [2.75, 3.05) is 30.0 Å². The lowest BCUT2D eigenvalue weighted by Gasteiger charge is -2.28. The van der Waals surface area contributed by atoms with Crippen LogP contribution < -0.4 is 14.4 Å². The van der Waals surface area contributed by atoms with Crippen LogP contribution in [0.3, 0.4) is 0 Å². The van der Waals surface area contributed by atoms with Gasteiger partial charge in [0.25, 0.3) is 0 Å². The summed E-state index contributed by atoms with van der Waals surface area (Å²) < 4.78 is 30.9. The highest BCUT2D eigenvalue weighted by Crippen LogP contribution is 2.28. The predicted molar refractivity (Wildman–Crippen MR) is 112 cm³/mol. The molecule has 2 rings (SSSR count). The number of amides is 1. The van der Waals surface area contributed by atoms with Gasteiger partial charge in [-0.3, -0.25) is 9.10 Å². The molecular weight excluding hydrogens is 384 g/mol. The average molecular weight is 415 g/mol. The number of anilines is 1. The molecule has 0 saturated heterocycles. The van der Waals surface area contributed by atoms with Gasteiger partial charge in [-0.25, -0.2) is 8.42 Å². The van der Waals surface area contributed by atoms with Crippen molar-refractivity contribution in [1.82, 2.24) is 5.32 Å². The molecular formula is C19H30N2O4S2. The molecule has 1 aliphatic rings. The lowest BCUT2D eigenvalue weighted by atomic mass is 10.0. The summed E-state index contributed by atoms with van der Waals surface area (Å²) in [5.41, 5.74) is 0.413. The Balaban J connectivity index is 1.95. The maximum Gasteiger partial charge on any atom is 0.243 e. The molecule has 1 fully saturated rings. The highest BCUT2D eigenvalue weighted by molar-refractivity contribution is 7.99. The smallest absolute Gasteiger partial charge is 0.243 e. The number of nitrogens with zero attached hydrogens (tertiary/aromatic N) is 1. The van der Waals surface area contributed by atoms with Crippen LogP contribution in [0.15, 0.2) is 24.3 Å². The van der Waals surface area contributed by atoms with E-state index in [4.69, 9.17) is 4.74 Å². The first-order valence-corrected chi connectivity index (χ1v) is 12.3. The number of hydrogen-bond acceptors (Lipinski definition) is 5. The third-order valence-corrected chi connectivity index (χ3v) is 7.33. The highest BCUT2D eigenvalue weighted by atomic mass is 32.2. The number of hydrogen-bond donors (Lipinski definition) is 1. The van der Waals surface area contributed by atoms with Crippen molar-refractivity contribution in [2.24, 2.45) is 0 Å². The summed E-state index contributed by atoms with van der Waals surface area (Å²) in [6.45, 7) is 2.14. The first kappa shape index (κ1) is 21.9. The molecule has 1 saturated carbocycles. The lowest BCUT2D eigenvalue weighted by molar-refractivity contribution is -0.121. The molecule has 1 amide bonds. The van der Waals surface area contributed by atoms with Crippen molar-refractivity contribution >= 4 is 33.4 Å². The second-order valence-electron chi connectivity index (χ2n) is 6.86. The molecule has 0 spiro atoms. The molecule has 0 aliphatic heterocycles. The Hall–Kier alpha value is -1.41. The van der Waals surface area contributed by atoms with Gasteiger partial charge in [0.1, 0.15) is 11.8 Å². The number of nitrogens with one attached hydrogen (secondary N) is 1. The molecule has 1 atom stereocenters. The number of methoxy groups -OCH3 is 1. The highest BCUT2D eigenvalue weighted by Gasteiger charge is 2.29. The summed E-state index contributed by atoms with van der Waals surface area (Å²) in [4.78, 5) is 12.6. The third kappa shape index (κ3) is 6.60. The van der Waals surface area contributed by atoms with Gasteiger partial charge in [0, 0.05) is 23.6 Å². The molecule has 0 aromatic heterocycles. The van der Waals surface area contributed by atoms with E-state index in [9.17, 15) is 13.2 Å². The molecule has 0 heterocycles. The number of ether oxygens (including phenoxy) is 1. The standard InChI is InChI=1S/C19H30N2O4S2/c1-15(19(22)20-12-13-26-18-10-5-4-6-11-18)21(27(3,23)24)16-8-7-9-17(14-16)25-2/h7-9,14-15,18H,4-6,10-13H2,1-3H3,(H,20,22)/t15-/m0/s1. The van der Waals surface area contributed by atoms with Crippen molar-refractivity contribution in [3.63, 3.8) is 0 Å². The number of benzene rings is 1. The Labute approximate surface area is 167 Å². The van der Waals surface area contributed by atoms with Crippen LogP contribution in [0.5, 0.6) is 5.75 Å². The van der Waals surface area contributed by atoms with Gasteiger partial charge in [-0.05, 0) is 31.9 Å². The van der Waals surface area contributed by atoms with E-state index < -0.39 is 16.1 Å². The topological polar surface area (TPSA) is 75.7 Å². The van der Waals surface area contributed by atoms with Crippen LogP contribution in [-0.2, 0) is 14.8 Å². The minimum atomic E-state index is -3.62. The van der Waals surface area contributed by atoms with Gasteiger partial charge in [0.2, 0.25) is 15.9 Å². The van der Waals surface area contributed by atoms with Crippen molar-refractivity contribution in [3.8, 4) is 5.75 Å². The number of rotatable bonds is 9. The number of thioether (sulfide) groups is 1. The van der Waals surface area contributed by atoms with Crippen LogP contribution >= 0.6 is 11.8 Å². The van der Waals surface area contributed by atoms with Gasteiger partial charge in [-0.1, -0.05) is 25.3 Å². The van der Waals surface area contributed by atoms with Crippen LogP contribution in [0.1, 0.15) is 39.0 Å². The minimum absolute atomic E-state index is 0.299. The SMILES string of the molecule is COc1cccc(N([C@@H](C)C(=O)NCCSC2CCCCC2)S(C)(=O)=O)c1. The fourth-order valence-corrected chi connectivity index (χ4v) is 5.72. The van der Waals surface area contributed by atoms with E-state index in [0.29, 0.717) is 23.2 Å². The zero-order valence-corrected chi connectivity index (χ0v) is 17.9. The monoisotopic (exact) mass is 414 g/mol. The Morgan fingerprint density at radius 1 is 1.33 bits per heavy atom. The van der Waals surface area contributed by atoms with E-state index in [-0.39, 0.29) is 5.91 Å². The second kappa shape index (κ2) is 10.2. The van der Waals surface area contributed by atoms with E-state index in [1.54, 1.807) is 31.2 Å².